The average molecular weight is 286 g/mol. The highest BCUT2D eigenvalue weighted by Gasteiger charge is 2.31. The maximum Gasteiger partial charge on any atom is 0.124 e. The Hall–Kier alpha value is -0.410. The molecule has 1 nitrogen and oxygen atoms in total. The highest BCUT2D eigenvalue weighted by molar-refractivity contribution is 9.10. The minimum atomic E-state index is -0.198. The number of nitrogens with two attached hydrogens (primary N) is 1. The van der Waals surface area contributed by atoms with Gasteiger partial charge in [0.2, 0.25) is 0 Å². The van der Waals surface area contributed by atoms with Crippen LogP contribution in [0, 0.1) is 17.7 Å². The summed E-state index contributed by atoms with van der Waals surface area (Å²) < 4.78 is 14.0. The summed E-state index contributed by atoms with van der Waals surface area (Å²) in [6, 6.07) is 5.13. The predicted molar refractivity (Wildman–Crippen MR) is 67.7 cm³/mol. The van der Waals surface area contributed by atoms with Crippen molar-refractivity contribution in [3.05, 3.63) is 34.1 Å². The van der Waals surface area contributed by atoms with E-state index >= 15 is 0 Å². The summed E-state index contributed by atoms with van der Waals surface area (Å²) in [4.78, 5) is 0. The zero-order valence-electron chi connectivity index (χ0n) is 9.42. The van der Waals surface area contributed by atoms with Crippen molar-refractivity contribution in [3.63, 3.8) is 0 Å². The van der Waals surface area contributed by atoms with Crippen LogP contribution in [0.1, 0.15) is 25.3 Å². The van der Waals surface area contributed by atoms with Gasteiger partial charge in [-0.1, -0.05) is 22.9 Å². The fourth-order valence-corrected chi connectivity index (χ4v) is 2.67. The minimum Gasteiger partial charge on any atom is -0.327 e. The molecule has 1 aliphatic rings. The van der Waals surface area contributed by atoms with Crippen LogP contribution >= 0.6 is 15.9 Å². The van der Waals surface area contributed by atoms with Crippen molar-refractivity contribution in [2.45, 2.75) is 32.2 Å². The zero-order chi connectivity index (χ0) is 11.7. The normalized spacial score (nSPS) is 19.5. The molecule has 0 saturated heterocycles. The Balaban J connectivity index is 2.01. The Morgan fingerprint density at radius 3 is 2.69 bits per heavy atom. The van der Waals surface area contributed by atoms with E-state index in [1.54, 1.807) is 6.07 Å². The van der Waals surface area contributed by atoms with E-state index in [4.69, 9.17) is 5.73 Å². The van der Waals surface area contributed by atoms with E-state index in [2.05, 4.69) is 22.9 Å². The molecule has 1 aromatic carbocycles. The highest BCUT2D eigenvalue weighted by Crippen LogP contribution is 2.38. The molecule has 0 radical (unpaired) electrons. The summed E-state index contributed by atoms with van der Waals surface area (Å²) in [6.07, 6.45) is 3.37. The molecule has 0 spiro atoms. The van der Waals surface area contributed by atoms with Gasteiger partial charge in [-0.15, -0.1) is 0 Å². The lowest BCUT2D eigenvalue weighted by Gasteiger charge is -2.19. The Kier molecular flexibility index (Phi) is 3.65. The Bertz CT molecular complexity index is 356. The van der Waals surface area contributed by atoms with Crippen LogP contribution in [-0.4, -0.2) is 6.04 Å². The molecule has 2 unspecified atom stereocenters. The second-order valence-electron chi connectivity index (χ2n) is 4.84. The molecule has 0 amide bonds. The lowest BCUT2D eigenvalue weighted by Crippen LogP contribution is -2.31. The first-order valence-corrected chi connectivity index (χ1v) is 6.56. The summed E-state index contributed by atoms with van der Waals surface area (Å²) in [5, 5.41) is 0. The lowest BCUT2D eigenvalue weighted by atomic mass is 9.92. The number of benzene rings is 1. The average Bonchev–Trinajstić information content (AvgIpc) is 2.97. The van der Waals surface area contributed by atoms with Crippen LogP contribution in [0.3, 0.4) is 0 Å². The summed E-state index contributed by atoms with van der Waals surface area (Å²) in [5.41, 5.74) is 7.13. The molecule has 1 saturated carbocycles. The van der Waals surface area contributed by atoms with E-state index in [1.807, 2.05) is 6.07 Å². The molecule has 88 valence electrons. The monoisotopic (exact) mass is 285 g/mol. The quantitative estimate of drug-likeness (QED) is 0.900. The minimum absolute atomic E-state index is 0.140. The third-order valence-corrected chi connectivity index (χ3v) is 3.89. The Morgan fingerprint density at radius 2 is 2.12 bits per heavy atom. The first kappa shape index (κ1) is 12.1. The van der Waals surface area contributed by atoms with Gasteiger partial charge >= 0.3 is 0 Å². The molecule has 2 atom stereocenters. The van der Waals surface area contributed by atoms with Crippen LogP contribution in [0.5, 0.6) is 0 Å². The van der Waals surface area contributed by atoms with Crippen molar-refractivity contribution in [3.8, 4) is 0 Å². The molecule has 3 heteroatoms. The van der Waals surface area contributed by atoms with Crippen LogP contribution in [0.15, 0.2) is 22.7 Å². The summed E-state index contributed by atoms with van der Waals surface area (Å²) in [6.45, 7) is 2.21. The summed E-state index contributed by atoms with van der Waals surface area (Å²) >= 11 is 3.30. The third kappa shape index (κ3) is 3.05. The van der Waals surface area contributed by atoms with Crippen molar-refractivity contribution < 1.29 is 4.39 Å². The van der Waals surface area contributed by atoms with Crippen molar-refractivity contribution in [1.82, 2.24) is 0 Å². The van der Waals surface area contributed by atoms with Crippen molar-refractivity contribution in [1.29, 1.82) is 0 Å². The molecule has 1 aromatic rings. The first-order valence-electron chi connectivity index (χ1n) is 5.77. The van der Waals surface area contributed by atoms with Crippen LogP contribution in [0.2, 0.25) is 0 Å². The Labute approximate surface area is 104 Å². The van der Waals surface area contributed by atoms with Gasteiger partial charge in [-0.3, -0.25) is 0 Å². The van der Waals surface area contributed by atoms with Crippen LogP contribution in [0.4, 0.5) is 4.39 Å². The largest absolute Gasteiger partial charge is 0.327 e. The molecule has 0 aromatic heterocycles. The zero-order valence-corrected chi connectivity index (χ0v) is 11.0. The van der Waals surface area contributed by atoms with Gasteiger partial charge in [0, 0.05) is 10.5 Å². The van der Waals surface area contributed by atoms with E-state index < -0.39 is 0 Å². The van der Waals surface area contributed by atoms with Gasteiger partial charge in [-0.25, -0.2) is 4.39 Å². The van der Waals surface area contributed by atoms with Gasteiger partial charge in [-0.05, 0) is 54.9 Å². The number of hydrogen-bond acceptors (Lipinski definition) is 1. The van der Waals surface area contributed by atoms with Crippen LogP contribution < -0.4 is 5.73 Å². The fourth-order valence-electron chi connectivity index (χ4n) is 2.16. The lowest BCUT2D eigenvalue weighted by molar-refractivity contribution is 0.404. The molecular formula is C13H17BrFN. The van der Waals surface area contributed by atoms with Crippen molar-refractivity contribution >= 4 is 15.9 Å². The highest BCUT2D eigenvalue weighted by atomic mass is 79.9. The molecule has 0 aliphatic heterocycles. The number of rotatable bonds is 4. The van der Waals surface area contributed by atoms with E-state index in [9.17, 15) is 4.39 Å². The van der Waals surface area contributed by atoms with Gasteiger partial charge in [0.1, 0.15) is 5.82 Å². The van der Waals surface area contributed by atoms with Crippen molar-refractivity contribution in [2.24, 2.45) is 17.6 Å². The SMILES string of the molecule is CC(C(N)Cc1cc(F)cc(Br)c1)C1CC1. The molecule has 16 heavy (non-hydrogen) atoms. The maximum atomic E-state index is 13.2. The van der Waals surface area contributed by atoms with Gasteiger partial charge in [0.25, 0.3) is 0 Å². The molecule has 2 N–H and O–H groups in total. The van der Waals surface area contributed by atoms with Gasteiger partial charge in [0.05, 0.1) is 0 Å². The molecule has 0 bridgehead atoms. The van der Waals surface area contributed by atoms with Gasteiger partial charge in [0.15, 0.2) is 0 Å². The molecule has 1 fully saturated rings. The van der Waals surface area contributed by atoms with Crippen LogP contribution in [0.25, 0.3) is 0 Å². The fraction of sp³-hybridized carbons (Fsp3) is 0.538. The molecule has 1 aliphatic carbocycles. The smallest absolute Gasteiger partial charge is 0.124 e. The molecule has 0 heterocycles. The number of hydrogen-bond donors (Lipinski definition) is 1. The molecular weight excluding hydrogens is 269 g/mol. The van der Waals surface area contributed by atoms with Gasteiger partial charge < -0.3 is 5.73 Å². The predicted octanol–water partition coefficient (Wildman–Crippen LogP) is 3.50. The van der Waals surface area contributed by atoms with E-state index in [1.165, 1.54) is 18.9 Å². The summed E-state index contributed by atoms with van der Waals surface area (Å²) in [5.74, 6) is 1.14. The standard InChI is InChI=1S/C13H17BrFN/c1-8(10-2-3-10)13(16)6-9-4-11(14)7-12(15)5-9/h4-5,7-8,10,13H,2-3,6,16H2,1H3. The maximum absolute atomic E-state index is 13.2. The molecule has 2 rings (SSSR count). The van der Waals surface area contributed by atoms with Crippen LogP contribution in [-0.2, 0) is 6.42 Å². The topological polar surface area (TPSA) is 26.0 Å². The van der Waals surface area contributed by atoms with E-state index in [0.717, 1.165) is 22.4 Å². The summed E-state index contributed by atoms with van der Waals surface area (Å²) in [7, 11) is 0. The van der Waals surface area contributed by atoms with E-state index in [-0.39, 0.29) is 11.9 Å². The Morgan fingerprint density at radius 1 is 1.44 bits per heavy atom. The van der Waals surface area contributed by atoms with E-state index in [0.29, 0.717) is 5.92 Å². The second kappa shape index (κ2) is 4.84. The van der Waals surface area contributed by atoms with Gasteiger partial charge in [-0.2, -0.15) is 0 Å². The third-order valence-electron chi connectivity index (χ3n) is 3.43. The number of halogens is 2. The first-order chi connectivity index (χ1) is 7.56. The van der Waals surface area contributed by atoms with Crippen molar-refractivity contribution in [2.75, 3.05) is 0 Å². The second-order valence-corrected chi connectivity index (χ2v) is 5.76.